The molecule has 2 heterocycles. The predicted octanol–water partition coefficient (Wildman–Crippen LogP) is 3.42. The minimum atomic E-state index is -0.799. The van der Waals surface area contributed by atoms with Gasteiger partial charge in [-0.05, 0) is 49.4 Å². The highest BCUT2D eigenvalue weighted by Crippen LogP contribution is 2.22. The molecular formula is C20H22F2N4O2. The summed E-state index contributed by atoms with van der Waals surface area (Å²) >= 11 is 0. The van der Waals surface area contributed by atoms with Crippen LogP contribution in [0.5, 0.6) is 0 Å². The van der Waals surface area contributed by atoms with Crippen molar-refractivity contribution in [3.05, 3.63) is 59.9 Å². The van der Waals surface area contributed by atoms with Gasteiger partial charge in [0.25, 0.3) is 5.91 Å². The molecule has 1 aliphatic heterocycles. The highest BCUT2D eigenvalue weighted by Gasteiger charge is 2.23. The van der Waals surface area contributed by atoms with Crippen LogP contribution in [0.3, 0.4) is 0 Å². The maximum absolute atomic E-state index is 13.7. The highest BCUT2D eigenvalue weighted by molar-refractivity contribution is 5.92. The van der Waals surface area contributed by atoms with E-state index in [4.69, 9.17) is 0 Å². The smallest absolute Gasteiger partial charge is 0.321 e. The van der Waals surface area contributed by atoms with Crippen LogP contribution in [-0.4, -0.2) is 41.5 Å². The first-order chi connectivity index (χ1) is 13.5. The van der Waals surface area contributed by atoms with Crippen molar-refractivity contribution in [2.45, 2.75) is 19.3 Å². The van der Waals surface area contributed by atoms with Gasteiger partial charge in [0.1, 0.15) is 17.3 Å². The Morgan fingerprint density at radius 1 is 1.14 bits per heavy atom. The number of nitrogens with zero attached hydrogens (tertiary/aromatic N) is 2. The fourth-order valence-corrected chi connectivity index (χ4v) is 3.19. The van der Waals surface area contributed by atoms with E-state index in [0.717, 1.165) is 31.4 Å². The minimum absolute atomic E-state index is 0.0363. The second-order valence-electron chi connectivity index (χ2n) is 6.74. The van der Waals surface area contributed by atoms with Crippen LogP contribution < -0.4 is 10.6 Å². The van der Waals surface area contributed by atoms with E-state index in [-0.39, 0.29) is 11.6 Å². The molecule has 2 aromatic rings. The summed E-state index contributed by atoms with van der Waals surface area (Å²) in [6.07, 6.45) is 4.01. The van der Waals surface area contributed by atoms with Crippen LogP contribution in [0.1, 0.15) is 29.8 Å². The first-order valence-corrected chi connectivity index (χ1v) is 9.23. The van der Waals surface area contributed by atoms with Gasteiger partial charge in [0.2, 0.25) is 0 Å². The van der Waals surface area contributed by atoms with Crippen molar-refractivity contribution in [3.8, 4) is 0 Å². The molecule has 1 aromatic carbocycles. The number of halogens is 2. The quantitative estimate of drug-likeness (QED) is 0.824. The highest BCUT2D eigenvalue weighted by atomic mass is 19.1. The van der Waals surface area contributed by atoms with Crippen molar-refractivity contribution in [2.75, 3.05) is 25.0 Å². The number of anilines is 1. The predicted molar refractivity (Wildman–Crippen MR) is 101 cm³/mol. The van der Waals surface area contributed by atoms with Crippen molar-refractivity contribution >= 4 is 17.6 Å². The van der Waals surface area contributed by atoms with Gasteiger partial charge < -0.3 is 15.5 Å². The van der Waals surface area contributed by atoms with Gasteiger partial charge in [-0.1, -0.05) is 6.07 Å². The van der Waals surface area contributed by atoms with Gasteiger partial charge in [-0.2, -0.15) is 0 Å². The molecule has 0 atom stereocenters. The number of aromatic nitrogens is 1. The molecule has 1 aromatic heterocycles. The van der Waals surface area contributed by atoms with Crippen molar-refractivity contribution < 1.29 is 18.4 Å². The Bertz CT molecular complexity index is 824. The third-order valence-electron chi connectivity index (χ3n) is 4.81. The average Bonchev–Trinajstić information content (AvgIpc) is 2.71. The van der Waals surface area contributed by atoms with Gasteiger partial charge in [-0.25, -0.2) is 13.6 Å². The monoisotopic (exact) mass is 388 g/mol. The SMILES string of the molecule is O=C(NCCC1CCN(C(=O)Nc2ccc(F)cc2F)CC1)c1ccccn1. The molecule has 0 spiro atoms. The normalized spacial score (nSPS) is 14.6. The van der Waals surface area contributed by atoms with Gasteiger partial charge in [0, 0.05) is 31.9 Å². The molecule has 148 valence electrons. The van der Waals surface area contributed by atoms with E-state index in [1.54, 1.807) is 29.3 Å². The van der Waals surface area contributed by atoms with Crippen LogP contribution in [0.25, 0.3) is 0 Å². The number of likely N-dealkylation sites (tertiary alicyclic amines) is 1. The van der Waals surface area contributed by atoms with Crippen LogP contribution in [-0.2, 0) is 0 Å². The van der Waals surface area contributed by atoms with E-state index in [0.29, 0.717) is 31.2 Å². The molecular weight excluding hydrogens is 366 g/mol. The third-order valence-corrected chi connectivity index (χ3v) is 4.81. The lowest BCUT2D eigenvalue weighted by Gasteiger charge is -2.32. The summed E-state index contributed by atoms with van der Waals surface area (Å²) in [5.41, 5.74) is 0.354. The van der Waals surface area contributed by atoms with Crippen LogP contribution in [0.2, 0.25) is 0 Å². The third kappa shape index (κ3) is 5.25. The molecule has 0 bridgehead atoms. The van der Waals surface area contributed by atoms with Crippen molar-refractivity contribution in [1.82, 2.24) is 15.2 Å². The summed E-state index contributed by atoms with van der Waals surface area (Å²) in [4.78, 5) is 29.8. The molecule has 0 radical (unpaired) electrons. The van der Waals surface area contributed by atoms with Crippen molar-refractivity contribution in [1.29, 1.82) is 0 Å². The van der Waals surface area contributed by atoms with Gasteiger partial charge in [0.15, 0.2) is 0 Å². The number of carbonyl (C=O) groups excluding carboxylic acids is 2. The zero-order valence-corrected chi connectivity index (χ0v) is 15.3. The lowest BCUT2D eigenvalue weighted by atomic mass is 9.93. The summed E-state index contributed by atoms with van der Waals surface area (Å²) in [5.74, 6) is -1.28. The maximum Gasteiger partial charge on any atom is 0.321 e. The van der Waals surface area contributed by atoms with Crippen LogP contribution in [0.4, 0.5) is 19.3 Å². The van der Waals surface area contributed by atoms with Gasteiger partial charge in [-0.3, -0.25) is 9.78 Å². The summed E-state index contributed by atoms with van der Waals surface area (Å²) in [7, 11) is 0. The van der Waals surface area contributed by atoms with E-state index in [9.17, 15) is 18.4 Å². The zero-order chi connectivity index (χ0) is 19.9. The number of nitrogens with one attached hydrogen (secondary N) is 2. The average molecular weight is 388 g/mol. The summed E-state index contributed by atoms with van der Waals surface area (Å²) in [5, 5.41) is 5.34. The number of urea groups is 1. The maximum atomic E-state index is 13.7. The Balaban J connectivity index is 1.39. The summed E-state index contributed by atoms with van der Waals surface area (Å²) < 4.78 is 26.6. The molecule has 1 aliphatic rings. The molecule has 2 N–H and O–H groups in total. The second-order valence-corrected chi connectivity index (χ2v) is 6.74. The number of amides is 3. The largest absolute Gasteiger partial charge is 0.351 e. The molecule has 3 rings (SSSR count). The topological polar surface area (TPSA) is 74.3 Å². The number of piperidine rings is 1. The number of hydrogen-bond acceptors (Lipinski definition) is 3. The first kappa shape index (κ1) is 19.7. The van der Waals surface area contributed by atoms with E-state index < -0.39 is 17.7 Å². The Morgan fingerprint density at radius 3 is 2.61 bits per heavy atom. The Labute approximate surface area is 162 Å². The molecule has 1 saturated heterocycles. The number of rotatable bonds is 5. The fraction of sp³-hybridized carbons (Fsp3) is 0.350. The van der Waals surface area contributed by atoms with E-state index in [1.807, 2.05) is 0 Å². The number of pyridine rings is 1. The molecule has 0 unspecified atom stereocenters. The van der Waals surface area contributed by atoms with Crippen LogP contribution >= 0.6 is 0 Å². The summed E-state index contributed by atoms with van der Waals surface area (Å²) in [6.45, 7) is 1.65. The molecule has 3 amide bonds. The second kappa shape index (κ2) is 9.25. The molecule has 1 fully saturated rings. The standard InChI is InChI=1S/C20H22F2N4O2/c21-15-4-5-17(16(22)13-15)25-20(28)26-11-7-14(8-12-26)6-10-24-19(27)18-3-1-2-9-23-18/h1-5,9,13-14H,6-8,10-12H2,(H,24,27)(H,25,28). The lowest BCUT2D eigenvalue weighted by Crippen LogP contribution is -2.41. The van der Waals surface area contributed by atoms with E-state index in [1.165, 1.54) is 6.07 Å². The number of benzene rings is 1. The Morgan fingerprint density at radius 2 is 1.93 bits per heavy atom. The fourth-order valence-electron chi connectivity index (χ4n) is 3.19. The van der Waals surface area contributed by atoms with E-state index in [2.05, 4.69) is 15.6 Å². The Hall–Kier alpha value is -3.03. The molecule has 28 heavy (non-hydrogen) atoms. The minimum Gasteiger partial charge on any atom is -0.351 e. The van der Waals surface area contributed by atoms with Crippen molar-refractivity contribution in [3.63, 3.8) is 0 Å². The Kier molecular flexibility index (Phi) is 6.52. The molecule has 8 heteroatoms. The van der Waals surface area contributed by atoms with Gasteiger partial charge in [-0.15, -0.1) is 0 Å². The number of hydrogen-bond donors (Lipinski definition) is 2. The first-order valence-electron chi connectivity index (χ1n) is 9.23. The van der Waals surface area contributed by atoms with Crippen LogP contribution in [0.15, 0.2) is 42.6 Å². The lowest BCUT2D eigenvalue weighted by molar-refractivity contribution is 0.0944. The van der Waals surface area contributed by atoms with Crippen molar-refractivity contribution in [2.24, 2.45) is 5.92 Å². The zero-order valence-electron chi connectivity index (χ0n) is 15.3. The molecule has 0 saturated carbocycles. The number of carbonyl (C=O) groups is 2. The van der Waals surface area contributed by atoms with Gasteiger partial charge in [0.05, 0.1) is 5.69 Å². The van der Waals surface area contributed by atoms with Gasteiger partial charge >= 0.3 is 6.03 Å². The summed E-state index contributed by atoms with van der Waals surface area (Å²) in [6, 6.07) is 7.83. The molecule has 0 aliphatic carbocycles. The van der Waals surface area contributed by atoms with Crippen LogP contribution in [0, 0.1) is 17.6 Å². The van der Waals surface area contributed by atoms with E-state index >= 15 is 0 Å². The molecule has 6 nitrogen and oxygen atoms in total.